The zero-order valence-corrected chi connectivity index (χ0v) is 20.2. The van der Waals surface area contributed by atoms with Crippen LogP contribution >= 0.6 is 24.8 Å². The number of benzene rings is 2. The summed E-state index contributed by atoms with van der Waals surface area (Å²) < 4.78 is 2.56. The first kappa shape index (κ1) is 21.6. The number of hydrogen-bond acceptors (Lipinski definition) is 0. The molecular formula is C22H24Cl2SiZr. The predicted molar refractivity (Wildman–Crippen MR) is 117 cm³/mol. The molecule has 0 amide bonds. The number of rotatable bonds is 3. The molecule has 0 heterocycles. The zero-order valence-electron chi connectivity index (χ0n) is 15.1. The Morgan fingerprint density at radius 1 is 0.962 bits per heavy atom. The molecule has 0 aromatic heterocycles. The SMILES string of the molecule is C[Si](C)=[Zr]([C]1=CC=CC1)[CH]1C=Cc2c(-c3ccccc3)cccc21.Cl.Cl. The standard InChI is InChI=1S/C15H11.C5H5.C2H6Si.2ClH.Zr/c1-2-6-12(7-3-1)14-10-4-8-13-9-5-11-15(13)14;1-2-4-5-3-1;1-3-2;;;/h1-11H;1-3H,4H2;1-2H3;2*1H;. The first-order chi connectivity index (χ1) is 11.8. The first-order valence-electron chi connectivity index (χ1n) is 8.65. The summed E-state index contributed by atoms with van der Waals surface area (Å²) in [6, 6.07) is 17.8. The Labute approximate surface area is 177 Å². The summed E-state index contributed by atoms with van der Waals surface area (Å²) in [6.45, 7) is 5.09. The van der Waals surface area contributed by atoms with Crippen LogP contribution in [0.25, 0.3) is 17.2 Å². The molecule has 0 saturated carbocycles. The Morgan fingerprint density at radius 3 is 2.38 bits per heavy atom. The number of halogens is 2. The van der Waals surface area contributed by atoms with E-state index >= 15 is 0 Å². The minimum atomic E-state index is -1.63. The van der Waals surface area contributed by atoms with Gasteiger partial charge in [-0.3, -0.25) is 0 Å². The van der Waals surface area contributed by atoms with Gasteiger partial charge in [0, 0.05) is 0 Å². The van der Waals surface area contributed by atoms with E-state index in [9.17, 15) is 0 Å². The van der Waals surface area contributed by atoms with Crippen LogP contribution in [0, 0.1) is 0 Å². The number of allylic oxidation sites excluding steroid dienone is 5. The fraction of sp³-hybridized carbons (Fsp3) is 0.182. The van der Waals surface area contributed by atoms with Gasteiger partial charge in [0.15, 0.2) is 0 Å². The molecule has 134 valence electrons. The van der Waals surface area contributed by atoms with Gasteiger partial charge in [-0.1, -0.05) is 0 Å². The summed E-state index contributed by atoms with van der Waals surface area (Å²) >= 11 is -1.63. The minimum Gasteiger partial charge on any atom is -0.147 e. The van der Waals surface area contributed by atoms with E-state index in [-0.39, 0.29) is 30.2 Å². The molecular weight excluding hydrogens is 454 g/mol. The van der Waals surface area contributed by atoms with Crippen LogP contribution in [0.5, 0.6) is 0 Å². The second-order valence-corrected chi connectivity index (χ2v) is 24.5. The number of hydrogen-bond donors (Lipinski definition) is 0. The van der Waals surface area contributed by atoms with Gasteiger partial charge in [-0.05, 0) is 0 Å². The molecule has 1 atom stereocenters. The molecule has 2 aromatic rings. The van der Waals surface area contributed by atoms with Crippen molar-refractivity contribution in [2.75, 3.05) is 0 Å². The van der Waals surface area contributed by atoms with Crippen LogP contribution in [0.1, 0.15) is 21.2 Å². The molecule has 0 N–H and O–H groups in total. The van der Waals surface area contributed by atoms with Gasteiger partial charge in [-0.25, -0.2) is 0 Å². The summed E-state index contributed by atoms with van der Waals surface area (Å²) in [4.78, 5) is 0. The van der Waals surface area contributed by atoms with Gasteiger partial charge in [0.1, 0.15) is 0 Å². The van der Waals surface area contributed by atoms with Crippen LogP contribution in [0.4, 0.5) is 0 Å². The van der Waals surface area contributed by atoms with Crippen molar-refractivity contribution >= 4 is 36.3 Å². The summed E-state index contributed by atoms with van der Waals surface area (Å²) in [5.74, 6) is 0. The molecule has 0 nitrogen and oxygen atoms in total. The topological polar surface area (TPSA) is 0 Å². The van der Waals surface area contributed by atoms with E-state index in [0.717, 1.165) is 3.63 Å². The van der Waals surface area contributed by atoms with E-state index in [0.29, 0.717) is 0 Å². The average Bonchev–Trinajstić information content (AvgIpc) is 3.26. The van der Waals surface area contributed by atoms with E-state index in [4.69, 9.17) is 0 Å². The largest absolute Gasteiger partial charge is 0.147 e. The second kappa shape index (κ2) is 9.51. The van der Waals surface area contributed by atoms with Crippen molar-refractivity contribution in [3.05, 3.63) is 87.2 Å². The molecule has 0 bridgehead atoms. The molecule has 0 saturated heterocycles. The molecule has 4 rings (SSSR count). The molecule has 0 aliphatic heterocycles. The van der Waals surface area contributed by atoms with Crippen LogP contribution in [0.3, 0.4) is 0 Å². The van der Waals surface area contributed by atoms with E-state index < -0.39 is 20.4 Å². The van der Waals surface area contributed by atoms with Crippen LogP contribution in [0.15, 0.2) is 76.1 Å². The average molecular weight is 479 g/mol. The Balaban J connectivity index is 0.00000121. The Hall–Kier alpha value is -0.660. The smallest absolute Gasteiger partial charge is 0.147 e. The normalized spacial score (nSPS) is 16.4. The van der Waals surface area contributed by atoms with Gasteiger partial charge in [-0.2, -0.15) is 0 Å². The van der Waals surface area contributed by atoms with Gasteiger partial charge >= 0.3 is 153 Å². The van der Waals surface area contributed by atoms with Gasteiger partial charge in [-0.15, -0.1) is 24.8 Å². The third kappa shape index (κ3) is 4.09. The minimum absolute atomic E-state index is 0. The van der Waals surface area contributed by atoms with E-state index in [2.05, 4.69) is 92.0 Å². The van der Waals surface area contributed by atoms with Crippen molar-refractivity contribution in [1.82, 2.24) is 0 Å². The Morgan fingerprint density at radius 2 is 1.73 bits per heavy atom. The van der Waals surface area contributed by atoms with Gasteiger partial charge in [0.05, 0.1) is 0 Å². The van der Waals surface area contributed by atoms with E-state index in [1.165, 1.54) is 23.1 Å². The first-order valence-corrected chi connectivity index (χ1v) is 17.5. The fourth-order valence-corrected chi connectivity index (χ4v) is 21.7. The third-order valence-electron chi connectivity index (χ3n) is 4.98. The van der Waals surface area contributed by atoms with E-state index in [1.807, 2.05) is 3.28 Å². The monoisotopic (exact) mass is 476 g/mol. The molecule has 2 aliphatic rings. The fourth-order valence-electron chi connectivity index (χ4n) is 3.94. The van der Waals surface area contributed by atoms with Crippen molar-refractivity contribution in [1.29, 1.82) is 0 Å². The molecule has 0 radical (unpaired) electrons. The van der Waals surface area contributed by atoms with Crippen molar-refractivity contribution < 1.29 is 20.4 Å². The zero-order chi connectivity index (χ0) is 16.5. The van der Waals surface area contributed by atoms with Gasteiger partial charge < -0.3 is 0 Å². The maximum Gasteiger partial charge on any atom is -0.147 e. The van der Waals surface area contributed by atoms with Gasteiger partial charge in [0.25, 0.3) is 0 Å². The Bertz CT molecular complexity index is 907. The summed E-state index contributed by atoms with van der Waals surface area (Å²) in [5.41, 5.74) is 5.59. The van der Waals surface area contributed by atoms with Crippen molar-refractivity contribution in [2.24, 2.45) is 0 Å². The molecule has 2 aromatic carbocycles. The van der Waals surface area contributed by atoms with Crippen molar-refractivity contribution in [2.45, 2.75) is 23.1 Å². The number of fused-ring (bicyclic) bond motifs is 1. The molecule has 4 heteroatoms. The van der Waals surface area contributed by atoms with Crippen LogP contribution in [-0.4, -0.2) is 5.43 Å². The summed E-state index contributed by atoms with van der Waals surface area (Å²) in [6.07, 6.45) is 13.3. The van der Waals surface area contributed by atoms with Crippen molar-refractivity contribution in [3.63, 3.8) is 0 Å². The predicted octanol–water partition coefficient (Wildman–Crippen LogP) is 6.98. The molecule has 1 unspecified atom stereocenters. The van der Waals surface area contributed by atoms with Crippen LogP contribution in [-0.2, 0) is 20.4 Å². The maximum atomic E-state index is 2.55. The maximum absolute atomic E-state index is 2.55. The third-order valence-corrected chi connectivity index (χ3v) is 23.1. The summed E-state index contributed by atoms with van der Waals surface area (Å²) in [5, 5.41) is 0. The van der Waals surface area contributed by atoms with E-state index in [1.54, 1.807) is 5.56 Å². The quantitative estimate of drug-likeness (QED) is 0.418. The van der Waals surface area contributed by atoms with Crippen molar-refractivity contribution in [3.8, 4) is 11.1 Å². The Kier molecular flexibility index (Phi) is 7.91. The van der Waals surface area contributed by atoms with Crippen LogP contribution < -0.4 is 0 Å². The second-order valence-electron chi connectivity index (χ2n) is 6.75. The molecule has 2 aliphatic carbocycles. The molecule has 26 heavy (non-hydrogen) atoms. The van der Waals surface area contributed by atoms with Crippen LogP contribution in [0.2, 0.25) is 13.1 Å². The molecule has 0 spiro atoms. The molecule has 0 fully saturated rings. The summed E-state index contributed by atoms with van der Waals surface area (Å²) in [7, 11) is 0. The van der Waals surface area contributed by atoms with Gasteiger partial charge in [0.2, 0.25) is 0 Å².